The van der Waals surface area contributed by atoms with Gasteiger partial charge in [-0.1, -0.05) is 60.7 Å². The molecule has 0 bridgehead atoms. The van der Waals surface area contributed by atoms with Gasteiger partial charge in [-0.05, 0) is 10.6 Å². The monoisotopic (exact) mass is 325 g/mol. The normalized spacial score (nSPS) is 10.6. The summed E-state index contributed by atoms with van der Waals surface area (Å²) in [6, 6.07) is 20.9. The molecule has 3 rings (SSSR count). The quantitative estimate of drug-likeness (QED) is 0.668. The molecule has 0 N–H and O–H groups in total. The van der Waals surface area contributed by atoms with E-state index in [0.29, 0.717) is 5.57 Å². The van der Waals surface area contributed by atoms with Crippen LogP contribution in [0.15, 0.2) is 60.7 Å². The second-order valence-corrected chi connectivity index (χ2v) is 6.72. The third-order valence-electron chi connectivity index (χ3n) is 3.18. The predicted molar refractivity (Wildman–Crippen MR) is 91.6 cm³/mol. The van der Waals surface area contributed by atoms with E-state index in [4.69, 9.17) is 9.47 Å². The van der Waals surface area contributed by atoms with E-state index in [2.05, 4.69) is 39.2 Å². The van der Waals surface area contributed by atoms with Gasteiger partial charge in [0.1, 0.15) is 0 Å². The zero-order chi connectivity index (χ0) is 16.1. The Kier molecular flexibility index (Phi) is 4.79. The average molecular weight is 325 g/mol. The molecule has 0 saturated carbocycles. The van der Waals surface area contributed by atoms with E-state index in [9.17, 15) is 0 Å². The van der Waals surface area contributed by atoms with Gasteiger partial charge >= 0.3 is 12.0 Å². The van der Waals surface area contributed by atoms with Gasteiger partial charge in [0.15, 0.2) is 5.57 Å². The lowest BCUT2D eigenvalue weighted by Gasteiger charge is -2.17. The van der Waals surface area contributed by atoms with Crippen molar-refractivity contribution in [1.29, 1.82) is 0 Å². The summed E-state index contributed by atoms with van der Waals surface area (Å²) in [5.41, 5.74) is 0.654. The summed E-state index contributed by atoms with van der Waals surface area (Å²) in [5, 5.41) is 2.31. The van der Waals surface area contributed by atoms with E-state index in [1.54, 1.807) is 0 Å². The number of hydrogen-bond acceptors (Lipinski definition) is 5. The number of nitrogens with zero attached hydrogens (tertiary/aromatic N) is 3. The Labute approximate surface area is 136 Å². The molecule has 3 aromatic rings. The first-order chi connectivity index (χ1) is 11.3. The van der Waals surface area contributed by atoms with Crippen LogP contribution in [-0.4, -0.2) is 29.2 Å². The van der Waals surface area contributed by atoms with Crippen molar-refractivity contribution in [3.8, 4) is 12.0 Å². The summed E-state index contributed by atoms with van der Waals surface area (Å²) in [6.07, 6.45) is 0. The van der Waals surface area contributed by atoms with Crippen molar-refractivity contribution in [1.82, 2.24) is 15.0 Å². The van der Waals surface area contributed by atoms with E-state index in [1.807, 2.05) is 36.4 Å². The molecule has 5 nitrogen and oxygen atoms in total. The molecule has 0 saturated heterocycles. The van der Waals surface area contributed by atoms with Gasteiger partial charge in [-0.25, -0.2) is 0 Å². The van der Waals surface area contributed by atoms with Crippen molar-refractivity contribution in [3.63, 3.8) is 0 Å². The fourth-order valence-electron chi connectivity index (χ4n) is 2.14. The van der Waals surface area contributed by atoms with E-state index in [1.165, 1.54) is 14.2 Å². The molecule has 0 atom stereocenters. The lowest BCUT2D eigenvalue weighted by Crippen LogP contribution is -2.26. The van der Waals surface area contributed by atoms with E-state index in [0.717, 1.165) is 10.6 Å². The van der Waals surface area contributed by atoms with Gasteiger partial charge in [-0.2, -0.15) is 9.97 Å². The first-order valence-electron chi connectivity index (χ1n) is 7.06. The molecule has 0 aliphatic heterocycles. The van der Waals surface area contributed by atoms with Crippen molar-refractivity contribution >= 4 is 24.1 Å². The summed E-state index contributed by atoms with van der Waals surface area (Å²) in [6.45, 7) is 0. The van der Waals surface area contributed by atoms with Crippen LogP contribution in [0.3, 0.4) is 0 Å². The van der Waals surface area contributed by atoms with Crippen LogP contribution in [0.25, 0.3) is 0 Å². The molecule has 0 unspecified atom stereocenters. The van der Waals surface area contributed by atoms with Crippen molar-refractivity contribution in [3.05, 3.63) is 60.7 Å². The summed E-state index contributed by atoms with van der Waals surface area (Å²) < 4.78 is 10.4. The largest absolute Gasteiger partial charge is 0.467 e. The maximum atomic E-state index is 5.19. The molecule has 23 heavy (non-hydrogen) atoms. The maximum Gasteiger partial charge on any atom is 0.322 e. The summed E-state index contributed by atoms with van der Waals surface area (Å²) in [4.78, 5) is 13.0. The summed E-state index contributed by atoms with van der Waals surface area (Å²) in [5.74, 6) is 0. The van der Waals surface area contributed by atoms with Crippen molar-refractivity contribution in [2.24, 2.45) is 0 Å². The SMILES string of the molecule is COc1nc(OC)nc(P(c2ccccc2)c2ccccc2)n1. The molecule has 0 amide bonds. The highest BCUT2D eigenvalue weighted by Gasteiger charge is 2.21. The number of benzene rings is 2. The Hall–Kier alpha value is -2.52. The van der Waals surface area contributed by atoms with Crippen LogP contribution < -0.4 is 25.6 Å². The third-order valence-corrected chi connectivity index (χ3v) is 5.41. The minimum absolute atomic E-state index is 0.256. The molecule has 2 aromatic carbocycles. The highest BCUT2D eigenvalue weighted by molar-refractivity contribution is 7.79. The minimum Gasteiger partial charge on any atom is -0.467 e. The first kappa shape index (κ1) is 15.4. The Morgan fingerprint density at radius 1 is 0.652 bits per heavy atom. The van der Waals surface area contributed by atoms with E-state index < -0.39 is 7.92 Å². The van der Waals surface area contributed by atoms with Gasteiger partial charge in [0, 0.05) is 7.92 Å². The standard InChI is InChI=1S/C17H16N3O2P/c1-21-15-18-16(22-2)20-17(19-15)23(13-9-5-3-6-10-13)14-11-7-4-8-12-14/h3-12H,1-2H3. The fraction of sp³-hybridized carbons (Fsp3) is 0.118. The fourth-order valence-corrected chi connectivity index (χ4v) is 4.22. The van der Waals surface area contributed by atoms with Crippen LogP contribution in [0.1, 0.15) is 0 Å². The number of aromatic nitrogens is 3. The number of rotatable bonds is 5. The topological polar surface area (TPSA) is 57.1 Å². The molecule has 0 fully saturated rings. The Bertz CT molecular complexity index is 708. The second-order valence-electron chi connectivity index (χ2n) is 4.62. The van der Waals surface area contributed by atoms with Crippen LogP contribution >= 0.6 is 7.92 Å². The van der Waals surface area contributed by atoms with Crippen LogP contribution in [-0.2, 0) is 0 Å². The maximum absolute atomic E-state index is 5.19. The summed E-state index contributed by atoms with van der Waals surface area (Å²) >= 11 is 0. The first-order valence-corrected chi connectivity index (χ1v) is 8.40. The van der Waals surface area contributed by atoms with Crippen molar-refractivity contribution in [2.75, 3.05) is 14.2 Å². The highest BCUT2D eigenvalue weighted by atomic mass is 31.1. The summed E-state index contributed by atoms with van der Waals surface area (Å²) in [7, 11) is 2.16. The number of ether oxygens (including phenoxy) is 2. The van der Waals surface area contributed by atoms with Crippen LogP contribution in [0.5, 0.6) is 12.0 Å². The van der Waals surface area contributed by atoms with E-state index in [-0.39, 0.29) is 12.0 Å². The zero-order valence-electron chi connectivity index (χ0n) is 12.9. The molecule has 6 heteroatoms. The average Bonchev–Trinajstić information content (AvgIpc) is 2.63. The molecule has 1 aromatic heterocycles. The molecular weight excluding hydrogens is 309 g/mol. The lowest BCUT2D eigenvalue weighted by atomic mass is 10.4. The number of hydrogen-bond donors (Lipinski definition) is 0. The third kappa shape index (κ3) is 3.46. The predicted octanol–water partition coefficient (Wildman–Crippen LogP) is 1.65. The Balaban J connectivity index is 2.16. The Morgan fingerprint density at radius 3 is 1.48 bits per heavy atom. The molecule has 0 radical (unpaired) electrons. The second kappa shape index (κ2) is 7.16. The van der Waals surface area contributed by atoms with Crippen LogP contribution in [0, 0.1) is 0 Å². The zero-order valence-corrected chi connectivity index (χ0v) is 13.8. The smallest absolute Gasteiger partial charge is 0.322 e. The molecule has 0 aliphatic rings. The van der Waals surface area contributed by atoms with Crippen LogP contribution in [0.4, 0.5) is 0 Å². The lowest BCUT2D eigenvalue weighted by molar-refractivity contribution is 0.342. The highest BCUT2D eigenvalue weighted by Crippen LogP contribution is 2.31. The molecule has 0 spiro atoms. The van der Waals surface area contributed by atoms with Gasteiger partial charge < -0.3 is 9.47 Å². The van der Waals surface area contributed by atoms with Gasteiger partial charge in [0.05, 0.1) is 14.2 Å². The van der Waals surface area contributed by atoms with Gasteiger partial charge in [0.25, 0.3) is 0 Å². The van der Waals surface area contributed by atoms with Crippen molar-refractivity contribution < 1.29 is 9.47 Å². The van der Waals surface area contributed by atoms with Crippen molar-refractivity contribution in [2.45, 2.75) is 0 Å². The van der Waals surface area contributed by atoms with Gasteiger partial charge in [-0.3, -0.25) is 0 Å². The van der Waals surface area contributed by atoms with Crippen LogP contribution in [0.2, 0.25) is 0 Å². The number of methoxy groups -OCH3 is 2. The van der Waals surface area contributed by atoms with Gasteiger partial charge in [-0.15, -0.1) is 4.98 Å². The molecule has 0 aliphatic carbocycles. The van der Waals surface area contributed by atoms with Gasteiger partial charge in [0.2, 0.25) is 0 Å². The van der Waals surface area contributed by atoms with E-state index >= 15 is 0 Å². The minimum atomic E-state index is -0.912. The Morgan fingerprint density at radius 2 is 1.09 bits per heavy atom. The molecule has 116 valence electrons. The molecule has 1 heterocycles. The molecular formula is C17H16N3O2P.